The third-order valence-corrected chi connectivity index (χ3v) is 1.88. The average molecular weight is 192 g/mol. The molecule has 1 aromatic heterocycles. The van der Waals surface area contributed by atoms with E-state index in [0.29, 0.717) is 11.5 Å². The summed E-state index contributed by atoms with van der Waals surface area (Å²) in [5, 5.41) is 9.47. The molecule has 0 amide bonds. The first kappa shape index (κ1) is 10.7. The minimum Gasteiger partial charge on any atom is -0.294 e. The number of pyridine rings is 1. The van der Waals surface area contributed by atoms with E-state index in [2.05, 4.69) is 10.4 Å². The van der Waals surface area contributed by atoms with Crippen molar-refractivity contribution in [3.05, 3.63) is 29.6 Å². The normalized spacial score (nSPS) is 9.93. The molecule has 0 unspecified atom stereocenters. The molecule has 0 radical (unpaired) electrons. The summed E-state index contributed by atoms with van der Waals surface area (Å²) in [5.41, 5.74) is 4.81. The number of amidine groups is 1. The van der Waals surface area contributed by atoms with Gasteiger partial charge in [-0.05, 0) is 18.6 Å². The lowest BCUT2D eigenvalue weighted by molar-refractivity contribution is 0.376. The van der Waals surface area contributed by atoms with Gasteiger partial charge < -0.3 is 0 Å². The van der Waals surface area contributed by atoms with Gasteiger partial charge in [-0.1, -0.05) is 13.0 Å². The molecule has 0 aliphatic carbocycles. The lowest BCUT2D eigenvalue weighted by Gasteiger charge is -2.19. The molecule has 0 atom stereocenters. The zero-order valence-corrected chi connectivity index (χ0v) is 8.83. The highest BCUT2D eigenvalue weighted by atomic mass is 15.5. The van der Waals surface area contributed by atoms with Gasteiger partial charge in [0.15, 0.2) is 5.84 Å². The van der Waals surface area contributed by atoms with Crippen molar-refractivity contribution in [2.45, 2.75) is 13.8 Å². The molecule has 0 aliphatic rings. The van der Waals surface area contributed by atoms with E-state index in [9.17, 15) is 0 Å². The lowest BCUT2D eigenvalue weighted by Crippen LogP contribution is -2.39. The molecule has 0 bridgehead atoms. The highest BCUT2D eigenvalue weighted by molar-refractivity contribution is 5.93. The Hall–Kier alpha value is -1.42. The van der Waals surface area contributed by atoms with Gasteiger partial charge in [0.25, 0.3) is 0 Å². The van der Waals surface area contributed by atoms with Gasteiger partial charge in [-0.25, -0.2) is 5.43 Å². The quantitative estimate of drug-likeness (QED) is 0.429. The van der Waals surface area contributed by atoms with E-state index >= 15 is 0 Å². The molecule has 4 nitrogen and oxygen atoms in total. The monoisotopic (exact) mass is 192 g/mol. The van der Waals surface area contributed by atoms with Gasteiger partial charge in [-0.15, -0.1) is 0 Å². The summed E-state index contributed by atoms with van der Waals surface area (Å²) in [7, 11) is 1.81. The Labute approximate surface area is 84.4 Å². The van der Waals surface area contributed by atoms with Gasteiger partial charge >= 0.3 is 0 Å². The Morgan fingerprint density at radius 2 is 2.29 bits per heavy atom. The van der Waals surface area contributed by atoms with Crippen molar-refractivity contribution < 1.29 is 0 Å². The summed E-state index contributed by atoms with van der Waals surface area (Å²) in [5.74, 6) is 0.381. The third kappa shape index (κ3) is 2.53. The maximum atomic E-state index is 7.81. The van der Waals surface area contributed by atoms with E-state index in [0.717, 1.165) is 12.1 Å². The second-order valence-electron chi connectivity index (χ2n) is 3.14. The predicted molar refractivity (Wildman–Crippen MR) is 57.2 cm³/mol. The molecule has 0 spiro atoms. The molecule has 1 aromatic rings. The van der Waals surface area contributed by atoms with Crippen LogP contribution in [0.3, 0.4) is 0 Å². The number of rotatable bonds is 3. The molecule has 1 rings (SSSR count). The second-order valence-corrected chi connectivity index (χ2v) is 3.14. The molecular formula is C10H16N4. The molecular weight excluding hydrogens is 176 g/mol. The number of nitrogens with zero attached hydrogens (tertiary/aromatic N) is 2. The molecule has 4 heteroatoms. The largest absolute Gasteiger partial charge is 0.294 e. The maximum absolute atomic E-state index is 7.81. The Morgan fingerprint density at radius 3 is 2.79 bits per heavy atom. The fraction of sp³-hybridized carbons (Fsp3) is 0.400. The van der Waals surface area contributed by atoms with Crippen molar-refractivity contribution in [2.75, 3.05) is 13.6 Å². The topological polar surface area (TPSA) is 52.0 Å². The molecule has 0 aromatic carbocycles. The average Bonchev–Trinajstić information content (AvgIpc) is 2.18. The van der Waals surface area contributed by atoms with E-state index < -0.39 is 0 Å². The first-order chi connectivity index (χ1) is 6.65. The van der Waals surface area contributed by atoms with Gasteiger partial charge in [-0.3, -0.25) is 15.4 Å². The number of aryl methyl sites for hydroxylation is 1. The van der Waals surface area contributed by atoms with Crippen LogP contribution in [0.15, 0.2) is 18.3 Å². The Kier molecular flexibility index (Phi) is 3.59. The SMILES string of the molecule is CCNN(C)C(=N)c1ccc(C)cn1. The smallest absolute Gasteiger partial charge is 0.161 e. The van der Waals surface area contributed by atoms with E-state index in [-0.39, 0.29) is 0 Å². The minimum atomic E-state index is 0.381. The lowest BCUT2D eigenvalue weighted by atomic mass is 10.2. The summed E-state index contributed by atoms with van der Waals surface area (Å²) in [4.78, 5) is 4.18. The number of hydrogen-bond donors (Lipinski definition) is 2. The van der Waals surface area contributed by atoms with Crippen LogP contribution in [-0.4, -0.2) is 29.4 Å². The Morgan fingerprint density at radius 1 is 1.57 bits per heavy atom. The van der Waals surface area contributed by atoms with Crippen LogP contribution >= 0.6 is 0 Å². The molecule has 14 heavy (non-hydrogen) atoms. The van der Waals surface area contributed by atoms with Gasteiger partial charge in [0, 0.05) is 19.8 Å². The maximum Gasteiger partial charge on any atom is 0.161 e. The number of nitrogens with one attached hydrogen (secondary N) is 2. The third-order valence-electron chi connectivity index (χ3n) is 1.88. The fourth-order valence-electron chi connectivity index (χ4n) is 1.10. The fourth-order valence-corrected chi connectivity index (χ4v) is 1.10. The van der Waals surface area contributed by atoms with Gasteiger partial charge in [0.05, 0.1) is 0 Å². The number of hydrogen-bond acceptors (Lipinski definition) is 3. The Balaban J connectivity index is 2.74. The van der Waals surface area contributed by atoms with E-state index in [1.165, 1.54) is 0 Å². The van der Waals surface area contributed by atoms with Crippen LogP contribution in [-0.2, 0) is 0 Å². The van der Waals surface area contributed by atoms with E-state index in [4.69, 9.17) is 5.41 Å². The summed E-state index contributed by atoms with van der Waals surface area (Å²) in [6.07, 6.45) is 1.77. The Bertz CT molecular complexity index is 304. The summed E-state index contributed by atoms with van der Waals surface area (Å²) >= 11 is 0. The summed E-state index contributed by atoms with van der Waals surface area (Å²) < 4.78 is 0. The van der Waals surface area contributed by atoms with Crippen LogP contribution in [0, 0.1) is 12.3 Å². The first-order valence-corrected chi connectivity index (χ1v) is 4.64. The zero-order valence-electron chi connectivity index (χ0n) is 8.83. The zero-order chi connectivity index (χ0) is 10.6. The second kappa shape index (κ2) is 4.72. The van der Waals surface area contributed by atoms with Crippen molar-refractivity contribution in [1.29, 1.82) is 5.41 Å². The predicted octanol–water partition coefficient (Wildman–Crippen LogP) is 1.17. The van der Waals surface area contributed by atoms with Crippen molar-refractivity contribution >= 4 is 5.84 Å². The van der Waals surface area contributed by atoms with Gasteiger partial charge in [0.2, 0.25) is 0 Å². The van der Waals surface area contributed by atoms with E-state index in [1.54, 1.807) is 11.2 Å². The van der Waals surface area contributed by atoms with E-state index in [1.807, 2.05) is 33.0 Å². The highest BCUT2D eigenvalue weighted by Gasteiger charge is 2.06. The van der Waals surface area contributed by atoms with Crippen LogP contribution in [0.5, 0.6) is 0 Å². The van der Waals surface area contributed by atoms with Crippen LogP contribution in [0.2, 0.25) is 0 Å². The molecule has 0 saturated heterocycles. The van der Waals surface area contributed by atoms with Crippen LogP contribution < -0.4 is 5.43 Å². The van der Waals surface area contributed by atoms with Gasteiger partial charge in [-0.2, -0.15) is 0 Å². The highest BCUT2D eigenvalue weighted by Crippen LogP contribution is 2.00. The molecule has 0 fully saturated rings. The number of hydrazine groups is 1. The van der Waals surface area contributed by atoms with Crippen molar-refractivity contribution in [1.82, 2.24) is 15.4 Å². The number of aromatic nitrogens is 1. The van der Waals surface area contributed by atoms with Gasteiger partial charge in [0.1, 0.15) is 5.69 Å². The van der Waals surface area contributed by atoms with Crippen molar-refractivity contribution in [3.63, 3.8) is 0 Å². The standard InChI is InChI=1S/C10H16N4/c1-4-13-14(3)10(11)9-6-5-8(2)7-12-9/h5-7,11,13H,4H2,1-3H3. The van der Waals surface area contributed by atoms with Crippen LogP contribution in [0.4, 0.5) is 0 Å². The molecule has 76 valence electrons. The van der Waals surface area contributed by atoms with Crippen LogP contribution in [0.1, 0.15) is 18.2 Å². The first-order valence-electron chi connectivity index (χ1n) is 4.64. The molecule has 0 saturated carbocycles. The summed E-state index contributed by atoms with van der Waals surface area (Å²) in [6, 6.07) is 3.81. The molecule has 2 N–H and O–H groups in total. The minimum absolute atomic E-state index is 0.381. The summed E-state index contributed by atoms with van der Waals surface area (Å²) in [6.45, 7) is 4.77. The molecule has 0 aliphatic heterocycles. The van der Waals surface area contributed by atoms with Crippen molar-refractivity contribution in [2.24, 2.45) is 0 Å². The van der Waals surface area contributed by atoms with Crippen LogP contribution in [0.25, 0.3) is 0 Å². The molecule has 1 heterocycles. The van der Waals surface area contributed by atoms with Crippen molar-refractivity contribution in [3.8, 4) is 0 Å².